The van der Waals surface area contributed by atoms with E-state index < -0.39 is 0 Å². The molecule has 5 rings (SSSR count). The van der Waals surface area contributed by atoms with Crippen LogP contribution in [0.5, 0.6) is 11.6 Å². The van der Waals surface area contributed by atoms with Crippen molar-refractivity contribution in [3.8, 4) is 34.1 Å². The number of aromatic nitrogens is 3. The molecule has 0 aliphatic carbocycles. The van der Waals surface area contributed by atoms with E-state index in [1.54, 1.807) is 31.5 Å². The standard InChI is InChI=1S/C27H29N5O3/c1-32-12-9-17(10-13-32)16-29-26(34)19-5-7-22-23(15-19)31-25(30-22)21-14-18(6-8-24(21)33)20-4-3-11-28-27(20)35-2/h3-8,11,14-15,17,33H,9-10,12-13,16H2,1-2H3,(H,29,34)(H,30,31). The number of aromatic hydroxyl groups is 1. The molecule has 0 unspecified atom stereocenters. The van der Waals surface area contributed by atoms with Gasteiger partial charge >= 0.3 is 0 Å². The molecule has 1 amide bonds. The van der Waals surface area contributed by atoms with E-state index in [9.17, 15) is 9.90 Å². The molecule has 1 aliphatic heterocycles. The van der Waals surface area contributed by atoms with Crippen LogP contribution in [-0.2, 0) is 0 Å². The highest BCUT2D eigenvalue weighted by molar-refractivity contribution is 5.97. The van der Waals surface area contributed by atoms with Gasteiger partial charge in [0.15, 0.2) is 0 Å². The number of nitrogens with one attached hydrogen (secondary N) is 2. The van der Waals surface area contributed by atoms with Crippen molar-refractivity contribution in [2.75, 3.05) is 33.8 Å². The molecule has 0 bridgehead atoms. The number of rotatable bonds is 6. The molecular weight excluding hydrogens is 442 g/mol. The molecule has 3 heterocycles. The molecule has 0 saturated carbocycles. The second kappa shape index (κ2) is 9.76. The summed E-state index contributed by atoms with van der Waals surface area (Å²) in [5, 5.41) is 13.6. The van der Waals surface area contributed by atoms with Crippen molar-refractivity contribution in [2.24, 2.45) is 5.92 Å². The molecule has 8 nitrogen and oxygen atoms in total. The van der Waals surface area contributed by atoms with Crippen LogP contribution in [0.25, 0.3) is 33.5 Å². The van der Waals surface area contributed by atoms with Crippen molar-refractivity contribution in [3.63, 3.8) is 0 Å². The van der Waals surface area contributed by atoms with Crippen molar-refractivity contribution in [3.05, 3.63) is 60.3 Å². The van der Waals surface area contributed by atoms with E-state index in [2.05, 4.69) is 32.2 Å². The summed E-state index contributed by atoms with van der Waals surface area (Å²) in [6, 6.07) is 14.5. The highest BCUT2D eigenvalue weighted by atomic mass is 16.5. The normalized spacial score (nSPS) is 14.8. The van der Waals surface area contributed by atoms with Crippen molar-refractivity contribution in [2.45, 2.75) is 12.8 Å². The number of amides is 1. The molecule has 0 atom stereocenters. The molecule has 1 aliphatic rings. The van der Waals surface area contributed by atoms with Gasteiger partial charge in [-0.15, -0.1) is 0 Å². The fourth-order valence-electron chi connectivity index (χ4n) is 4.55. The van der Waals surface area contributed by atoms with Crippen LogP contribution in [0.1, 0.15) is 23.2 Å². The Balaban J connectivity index is 1.38. The number of benzene rings is 2. The molecule has 180 valence electrons. The summed E-state index contributed by atoms with van der Waals surface area (Å²) < 4.78 is 5.39. The van der Waals surface area contributed by atoms with Crippen LogP contribution in [-0.4, -0.2) is 64.7 Å². The Morgan fingerprint density at radius 3 is 2.80 bits per heavy atom. The van der Waals surface area contributed by atoms with E-state index in [1.165, 1.54) is 0 Å². The monoisotopic (exact) mass is 471 g/mol. The van der Waals surface area contributed by atoms with Gasteiger partial charge in [0.05, 0.1) is 23.7 Å². The molecule has 0 radical (unpaired) electrons. The quantitative estimate of drug-likeness (QED) is 0.392. The zero-order chi connectivity index (χ0) is 24.4. The summed E-state index contributed by atoms with van der Waals surface area (Å²) in [6.07, 6.45) is 3.88. The number of pyridine rings is 1. The number of fused-ring (bicyclic) bond motifs is 1. The summed E-state index contributed by atoms with van der Waals surface area (Å²) in [5.41, 5.74) is 4.24. The van der Waals surface area contributed by atoms with Gasteiger partial charge in [-0.1, -0.05) is 6.07 Å². The minimum atomic E-state index is -0.0936. The van der Waals surface area contributed by atoms with E-state index in [-0.39, 0.29) is 11.7 Å². The number of methoxy groups -OCH3 is 1. The van der Waals surface area contributed by atoms with Crippen LogP contribution >= 0.6 is 0 Å². The predicted octanol–water partition coefficient (Wildman–Crippen LogP) is 4.08. The number of hydrogen-bond acceptors (Lipinski definition) is 6. The lowest BCUT2D eigenvalue weighted by atomic mass is 9.97. The molecule has 2 aromatic carbocycles. The number of piperidine rings is 1. The second-order valence-corrected chi connectivity index (χ2v) is 9.07. The summed E-state index contributed by atoms with van der Waals surface area (Å²) in [7, 11) is 3.71. The van der Waals surface area contributed by atoms with Crippen LogP contribution in [0.15, 0.2) is 54.7 Å². The highest BCUT2D eigenvalue weighted by Crippen LogP contribution is 2.35. The smallest absolute Gasteiger partial charge is 0.251 e. The molecule has 0 spiro atoms. The SMILES string of the molecule is COc1ncccc1-c1ccc(O)c(-c2nc3cc(C(=O)NCC4CCN(C)CC4)ccc3[nH]2)c1. The van der Waals surface area contributed by atoms with Crippen LogP contribution in [0.3, 0.4) is 0 Å². The summed E-state index contributed by atoms with van der Waals surface area (Å²) in [6.45, 7) is 2.84. The lowest BCUT2D eigenvalue weighted by Gasteiger charge is -2.28. The summed E-state index contributed by atoms with van der Waals surface area (Å²) >= 11 is 0. The molecule has 1 fully saturated rings. The number of phenolic OH excluding ortho intramolecular Hbond substituents is 1. The van der Waals surface area contributed by atoms with Crippen molar-refractivity contribution < 1.29 is 14.6 Å². The van der Waals surface area contributed by atoms with Crippen LogP contribution in [0, 0.1) is 5.92 Å². The number of aromatic amines is 1. The fourth-order valence-corrected chi connectivity index (χ4v) is 4.55. The number of likely N-dealkylation sites (tertiary alicyclic amines) is 1. The number of hydrogen-bond donors (Lipinski definition) is 3. The average Bonchev–Trinajstić information content (AvgIpc) is 3.31. The van der Waals surface area contributed by atoms with Gasteiger partial charge in [0, 0.05) is 23.9 Å². The number of carbonyl (C=O) groups excluding carboxylic acids is 1. The Hall–Kier alpha value is -3.91. The molecule has 3 N–H and O–H groups in total. The first-order valence-electron chi connectivity index (χ1n) is 11.8. The van der Waals surface area contributed by atoms with Crippen LogP contribution in [0.2, 0.25) is 0 Å². The van der Waals surface area contributed by atoms with Gasteiger partial charge in [-0.3, -0.25) is 4.79 Å². The van der Waals surface area contributed by atoms with Crippen molar-refractivity contribution >= 4 is 16.9 Å². The maximum absolute atomic E-state index is 12.8. The highest BCUT2D eigenvalue weighted by Gasteiger charge is 2.18. The molecule has 35 heavy (non-hydrogen) atoms. The van der Waals surface area contributed by atoms with Gasteiger partial charge in [0.1, 0.15) is 11.6 Å². The van der Waals surface area contributed by atoms with Gasteiger partial charge in [-0.2, -0.15) is 0 Å². The van der Waals surface area contributed by atoms with Crippen LogP contribution in [0.4, 0.5) is 0 Å². The van der Waals surface area contributed by atoms with Gasteiger partial charge in [0.2, 0.25) is 5.88 Å². The fraction of sp³-hybridized carbons (Fsp3) is 0.296. The van der Waals surface area contributed by atoms with Gasteiger partial charge < -0.3 is 25.0 Å². The van der Waals surface area contributed by atoms with Crippen molar-refractivity contribution in [1.82, 2.24) is 25.2 Å². The van der Waals surface area contributed by atoms with E-state index in [1.807, 2.05) is 30.3 Å². The minimum absolute atomic E-state index is 0.0936. The predicted molar refractivity (Wildman–Crippen MR) is 136 cm³/mol. The summed E-state index contributed by atoms with van der Waals surface area (Å²) in [4.78, 5) is 27.3. The Kier molecular flexibility index (Phi) is 6.37. The molecule has 2 aromatic heterocycles. The first-order valence-corrected chi connectivity index (χ1v) is 11.8. The van der Waals surface area contributed by atoms with Gasteiger partial charge in [-0.25, -0.2) is 9.97 Å². The molecule has 4 aromatic rings. The lowest BCUT2D eigenvalue weighted by molar-refractivity contribution is 0.0939. The lowest BCUT2D eigenvalue weighted by Crippen LogP contribution is -2.36. The number of ether oxygens (including phenoxy) is 1. The Bertz CT molecular complexity index is 1360. The number of phenols is 1. The Labute approximate surface area is 204 Å². The minimum Gasteiger partial charge on any atom is -0.507 e. The molecule has 1 saturated heterocycles. The largest absolute Gasteiger partial charge is 0.507 e. The van der Waals surface area contributed by atoms with Crippen LogP contribution < -0.4 is 10.1 Å². The first kappa shape index (κ1) is 22.9. The topological polar surface area (TPSA) is 103 Å². The zero-order valence-corrected chi connectivity index (χ0v) is 19.9. The number of carbonyl (C=O) groups is 1. The second-order valence-electron chi connectivity index (χ2n) is 9.07. The van der Waals surface area contributed by atoms with E-state index in [0.717, 1.165) is 42.6 Å². The number of imidazole rings is 1. The third kappa shape index (κ3) is 4.83. The third-order valence-electron chi connectivity index (χ3n) is 6.66. The van der Waals surface area contributed by atoms with Gasteiger partial charge in [0.25, 0.3) is 5.91 Å². The third-order valence-corrected chi connectivity index (χ3v) is 6.66. The molecule has 8 heteroatoms. The number of H-pyrrole nitrogens is 1. The Morgan fingerprint density at radius 2 is 2.00 bits per heavy atom. The van der Waals surface area contributed by atoms with Gasteiger partial charge in [-0.05, 0) is 86.9 Å². The number of nitrogens with zero attached hydrogens (tertiary/aromatic N) is 3. The average molecular weight is 472 g/mol. The van der Waals surface area contributed by atoms with E-state index in [0.29, 0.717) is 40.8 Å². The van der Waals surface area contributed by atoms with E-state index >= 15 is 0 Å². The summed E-state index contributed by atoms with van der Waals surface area (Å²) in [5.74, 6) is 1.55. The van der Waals surface area contributed by atoms with E-state index in [4.69, 9.17) is 4.74 Å². The first-order chi connectivity index (χ1) is 17.0. The maximum atomic E-state index is 12.8. The van der Waals surface area contributed by atoms with Crippen molar-refractivity contribution in [1.29, 1.82) is 0 Å². The zero-order valence-electron chi connectivity index (χ0n) is 19.9. The Morgan fingerprint density at radius 1 is 1.17 bits per heavy atom. The maximum Gasteiger partial charge on any atom is 0.251 e. The molecular formula is C27H29N5O3.